The van der Waals surface area contributed by atoms with Crippen molar-refractivity contribution >= 4 is 35.1 Å². The first-order valence-electron chi connectivity index (χ1n) is 5.87. The molecule has 1 heterocycles. The van der Waals surface area contributed by atoms with E-state index in [1.54, 1.807) is 0 Å². The van der Waals surface area contributed by atoms with E-state index in [0.29, 0.717) is 22.9 Å². The van der Waals surface area contributed by atoms with Gasteiger partial charge in [-0.05, 0) is 12.1 Å². The molecular formula is C13H8F3NO3S2. The van der Waals surface area contributed by atoms with Crippen molar-refractivity contribution < 1.29 is 22.9 Å². The van der Waals surface area contributed by atoms with E-state index in [0.717, 1.165) is 17.4 Å². The monoisotopic (exact) mass is 347 g/mol. The van der Waals surface area contributed by atoms with Gasteiger partial charge in [0.25, 0.3) is 5.69 Å². The molecule has 0 fully saturated rings. The molecule has 0 aliphatic rings. The molecule has 1 aromatic carbocycles. The van der Waals surface area contributed by atoms with E-state index in [9.17, 15) is 28.1 Å². The van der Waals surface area contributed by atoms with Crippen molar-refractivity contribution in [3.63, 3.8) is 0 Å². The molecule has 0 radical (unpaired) electrons. The highest BCUT2D eigenvalue weighted by molar-refractivity contribution is 8.01. The van der Waals surface area contributed by atoms with E-state index < -0.39 is 16.7 Å². The largest absolute Gasteiger partial charge is 0.417 e. The van der Waals surface area contributed by atoms with Gasteiger partial charge in [0.15, 0.2) is 0 Å². The molecule has 0 N–H and O–H groups in total. The van der Waals surface area contributed by atoms with E-state index in [2.05, 4.69) is 0 Å². The lowest BCUT2D eigenvalue weighted by Crippen LogP contribution is -2.06. The third-order valence-electron chi connectivity index (χ3n) is 2.61. The average Bonchev–Trinajstić information content (AvgIpc) is 2.81. The quantitative estimate of drug-likeness (QED) is 0.452. The predicted octanol–water partition coefficient (Wildman–Crippen LogP) is 4.57. The van der Waals surface area contributed by atoms with Crippen LogP contribution >= 0.6 is 23.1 Å². The molecular weight excluding hydrogens is 339 g/mol. The lowest BCUT2D eigenvalue weighted by Gasteiger charge is -2.11. The Bertz CT molecular complexity index is 713. The Morgan fingerprint density at radius 3 is 2.59 bits per heavy atom. The van der Waals surface area contributed by atoms with Gasteiger partial charge in [0.05, 0.1) is 10.5 Å². The van der Waals surface area contributed by atoms with Crippen LogP contribution in [0.25, 0.3) is 0 Å². The van der Waals surface area contributed by atoms with E-state index in [-0.39, 0.29) is 21.2 Å². The number of alkyl halides is 3. The summed E-state index contributed by atoms with van der Waals surface area (Å²) < 4.78 is 39.0. The Kier molecular flexibility index (Phi) is 4.87. The molecule has 0 aliphatic carbocycles. The summed E-state index contributed by atoms with van der Waals surface area (Å²) in [5.74, 6) is 0. The molecule has 9 heteroatoms. The van der Waals surface area contributed by atoms with Gasteiger partial charge in [-0.25, -0.2) is 0 Å². The Morgan fingerprint density at radius 1 is 1.32 bits per heavy atom. The fourth-order valence-corrected chi connectivity index (χ4v) is 4.12. The maximum atomic E-state index is 12.9. The molecule has 0 bridgehead atoms. The van der Waals surface area contributed by atoms with Crippen LogP contribution in [0.3, 0.4) is 0 Å². The highest BCUT2D eigenvalue weighted by Crippen LogP contribution is 2.45. The first-order chi connectivity index (χ1) is 10.3. The Balaban J connectivity index is 2.43. The molecule has 0 spiro atoms. The number of benzene rings is 1. The van der Waals surface area contributed by atoms with Gasteiger partial charge in [-0.1, -0.05) is 23.9 Å². The summed E-state index contributed by atoms with van der Waals surface area (Å²) in [5.41, 5.74) is -1.14. The molecule has 0 amide bonds. The summed E-state index contributed by atoms with van der Waals surface area (Å²) in [5, 5.41) is 11.0. The zero-order chi connectivity index (χ0) is 16.3. The molecule has 0 atom stereocenters. The van der Waals surface area contributed by atoms with Crippen LogP contribution in [0.1, 0.15) is 10.4 Å². The maximum Gasteiger partial charge on any atom is 0.417 e. The molecule has 0 unspecified atom stereocenters. The van der Waals surface area contributed by atoms with Crippen LogP contribution in [0.4, 0.5) is 18.9 Å². The Hall–Kier alpha value is -1.87. The van der Waals surface area contributed by atoms with Crippen LogP contribution < -0.4 is 0 Å². The standard InChI is InChI=1S/C13H8F3NO3S2/c14-13(15,16)9-3-1-2-4-11(9)22-12-10(17(19)20)7-8(21-12)5-6-18/h1-4,6-7H,5H2. The maximum absolute atomic E-state index is 12.9. The second kappa shape index (κ2) is 6.49. The first kappa shape index (κ1) is 16.5. The number of nitrogens with zero attached hydrogens (tertiary/aromatic N) is 1. The van der Waals surface area contributed by atoms with Crippen molar-refractivity contribution in [2.45, 2.75) is 21.7 Å². The van der Waals surface area contributed by atoms with E-state index >= 15 is 0 Å². The van der Waals surface area contributed by atoms with Crippen molar-refractivity contribution in [1.29, 1.82) is 0 Å². The minimum absolute atomic E-state index is 0.00696. The molecule has 0 saturated heterocycles. The second-order valence-electron chi connectivity index (χ2n) is 4.11. The number of thiophene rings is 1. The van der Waals surface area contributed by atoms with Crippen LogP contribution in [0.2, 0.25) is 0 Å². The van der Waals surface area contributed by atoms with Crippen LogP contribution in [-0.4, -0.2) is 11.2 Å². The third-order valence-corrected chi connectivity index (χ3v) is 5.02. The summed E-state index contributed by atoms with van der Waals surface area (Å²) in [6, 6.07) is 6.10. The number of hydrogen-bond donors (Lipinski definition) is 0. The van der Waals surface area contributed by atoms with Gasteiger partial charge in [0.2, 0.25) is 0 Å². The van der Waals surface area contributed by atoms with E-state index in [1.165, 1.54) is 24.3 Å². The molecule has 0 aliphatic heterocycles. The summed E-state index contributed by atoms with van der Waals surface area (Å²) in [6.45, 7) is 0. The van der Waals surface area contributed by atoms with Gasteiger partial charge < -0.3 is 4.79 Å². The number of carbonyl (C=O) groups is 1. The number of rotatable bonds is 5. The highest BCUT2D eigenvalue weighted by atomic mass is 32.2. The fraction of sp³-hybridized carbons (Fsp3) is 0.154. The van der Waals surface area contributed by atoms with E-state index in [4.69, 9.17) is 0 Å². The minimum atomic E-state index is -4.54. The molecule has 116 valence electrons. The Labute approximate surface area is 131 Å². The zero-order valence-corrected chi connectivity index (χ0v) is 12.4. The second-order valence-corrected chi connectivity index (χ2v) is 6.56. The van der Waals surface area contributed by atoms with Gasteiger partial charge in [-0.2, -0.15) is 13.2 Å². The van der Waals surface area contributed by atoms with Crippen LogP contribution in [0.15, 0.2) is 39.4 Å². The van der Waals surface area contributed by atoms with E-state index in [1.807, 2.05) is 0 Å². The lowest BCUT2D eigenvalue weighted by molar-refractivity contribution is -0.387. The van der Waals surface area contributed by atoms with Crippen molar-refractivity contribution in [2.75, 3.05) is 0 Å². The average molecular weight is 347 g/mol. The fourth-order valence-electron chi connectivity index (χ4n) is 1.69. The normalized spacial score (nSPS) is 11.4. The van der Waals surface area contributed by atoms with Gasteiger partial charge >= 0.3 is 6.18 Å². The SMILES string of the molecule is O=CCc1cc([N+](=O)[O-])c(Sc2ccccc2C(F)(F)F)s1. The number of halogens is 3. The molecule has 0 saturated carbocycles. The zero-order valence-electron chi connectivity index (χ0n) is 10.8. The number of hydrogen-bond acceptors (Lipinski definition) is 5. The summed E-state index contributed by atoms with van der Waals surface area (Å²) in [6.07, 6.45) is -3.96. The van der Waals surface area contributed by atoms with Crippen molar-refractivity contribution in [3.8, 4) is 0 Å². The summed E-state index contributed by atoms with van der Waals surface area (Å²) in [4.78, 5) is 21.2. The van der Waals surface area contributed by atoms with Gasteiger partial charge in [0, 0.05) is 22.3 Å². The Morgan fingerprint density at radius 2 is 2.00 bits per heavy atom. The van der Waals surface area contributed by atoms with Crippen molar-refractivity contribution in [2.24, 2.45) is 0 Å². The molecule has 22 heavy (non-hydrogen) atoms. The third kappa shape index (κ3) is 3.66. The highest BCUT2D eigenvalue weighted by Gasteiger charge is 2.34. The predicted molar refractivity (Wildman–Crippen MR) is 76.3 cm³/mol. The van der Waals surface area contributed by atoms with Crippen LogP contribution in [0.5, 0.6) is 0 Å². The first-order valence-corrected chi connectivity index (χ1v) is 7.51. The molecule has 2 aromatic rings. The van der Waals surface area contributed by atoms with Crippen molar-refractivity contribution in [1.82, 2.24) is 0 Å². The van der Waals surface area contributed by atoms with Gasteiger partial charge in [-0.3, -0.25) is 10.1 Å². The van der Waals surface area contributed by atoms with Gasteiger partial charge in [0.1, 0.15) is 10.5 Å². The minimum Gasteiger partial charge on any atom is -0.303 e. The summed E-state index contributed by atoms with van der Waals surface area (Å²) in [7, 11) is 0. The summed E-state index contributed by atoms with van der Waals surface area (Å²) >= 11 is 1.63. The number of aldehydes is 1. The van der Waals surface area contributed by atoms with Crippen LogP contribution in [-0.2, 0) is 17.4 Å². The smallest absolute Gasteiger partial charge is 0.303 e. The van der Waals surface area contributed by atoms with Gasteiger partial charge in [-0.15, -0.1) is 11.3 Å². The molecule has 2 rings (SSSR count). The lowest BCUT2D eigenvalue weighted by atomic mass is 10.2. The van der Waals surface area contributed by atoms with Crippen molar-refractivity contribution in [3.05, 3.63) is 50.9 Å². The van der Waals surface area contributed by atoms with Crippen LogP contribution in [0, 0.1) is 10.1 Å². The number of nitro groups is 1. The topological polar surface area (TPSA) is 60.2 Å². The number of carbonyl (C=O) groups excluding carboxylic acids is 1. The molecule has 4 nitrogen and oxygen atoms in total. The molecule has 1 aromatic heterocycles.